The molecule has 1 N–H and O–H groups in total. The fourth-order valence-electron chi connectivity index (χ4n) is 1.60. The topological polar surface area (TPSA) is 46.5 Å². The van der Waals surface area contributed by atoms with Gasteiger partial charge in [0.2, 0.25) is 0 Å². The maximum Gasteiger partial charge on any atom is 0.335 e. The molecule has 2 aliphatic heterocycles. The second-order valence-electron chi connectivity index (χ2n) is 2.86. The van der Waals surface area contributed by atoms with Gasteiger partial charge in [-0.15, -0.1) is 0 Å². The number of carboxylic acid groups (broad SMARTS) is 1. The third-order valence-corrected chi connectivity index (χ3v) is 3.02. The molecule has 2 aliphatic rings. The van der Waals surface area contributed by atoms with Crippen LogP contribution in [0.4, 0.5) is 4.39 Å². The van der Waals surface area contributed by atoms with Crippen LogP contribution in [0.15, 0.2) is 10.1 Å². The second kappa shape index (κ2) is 2.53. The minimum Gasteiger partial charge on any atom is -0.478 e. The maximum atomic E-state index is 12.9. The maximum absolute atomic E-state index is 12.9. The standard InChI is InChI=1S/C7H6BrFO3/c8-5-4(7(10)11)3-1-2(9)6(5)12-3/h2-3,6H,1H2,(H,10,11)/t2-,3+,6-/m0/s1. The summed E-state index contributed by atoms with van der Waals surface area (Å²) in [7, 11) is 0. The molecule has 0 radical (unpaired) electrons. The molecule has 1 saturated heterocycles. The molecule has 0 aromatic heterocycles. The summed E-state index contributed by atoms with van der Waals surface area (Å²) in [6.45, 7) is 0. The molecule has 3 nitrogen and oxygen atoms in total. The predicted molar refractivity (Wildman–Crippen MR) is 41.8 cm³/mol. The van der Waals surface area contributed by atoms with Crippen molar-refractivity contribution >= 4 is 21.9 Å². The molecule has 2 heterocycles. The number of carboxylic acids is 1. The van der Waals surface area contributed by atoms with Crippen molar-refractivity contribution in [1.29, 1.82) is 0 Å². The van der Waals surface area contributed by atoms with E-state index in [1.54, 1.807) is 0 Å². The summed E-state index contributed by atoms with van der Waals surface area (Å²) in [6, 6.07) is 0. The zero-order chi connectivity index (χ0) is 8.88. The van der Waals surface area contributed by atoms with E-state index >= 15 is 0 Å². The number of fused-ring (bicyclic) bond motifs is 2. The van der Waals surface area contributed by atoms with Gasteiger partial charge in [-0.25, -0.2) is 9.18 Å². The first-order valence-corrected chi connectivity index (χ1v) is 4.33. The Kier molecular flexibility index (Phi) is 1.73. The highest BCUT2D eigenvalue weighted by atomic mass is 79.9. The Bertz CT molecular complexity index is 276. The summed E-state index contributed by atoms with van der Waals surface area (Å²) in [5.74, 6) is -1.03. The second-order valence-corrected chi connectivity index (χ2v) is 3.72. The molecule has 0 unspecified atom stereocenters. The van der Waals surface area contributed by atoms with Crippen molar-refractivity contribution in [2.45, 2.75) is 24.8 Å². The van der Waals surface area contributed by atoms with E-state index in [-0.39, 0.29) is 12.0 Å². The van der Waals surface area contributed by atoms with Gasteiger partial charge in [0.1, 0.15) is 12.3 Å². The minimum atomic E-state index is -1.06. The van der Waals surface area contributed by atoms with Gasteiger partial charge in [0.25, 0.3) is 0 Å². The first-order valence-electron chi connectivity index (χ1n) is 3.53. The minimum absolute atomic E-state index is 0.168. The van der Waals surface area contributed by atoms with Crippen LogP contribution in [0.3, 0.4) is 0 Å². The van der Waals surface area contributed by atoms with Gasteiger partial charge in [0, 0.05) is 10.9 Å². The first kappa shape index (κ1) is 8.19. The van der Waals surface area contributed by atoms with Crippen LogP contribution in [0.5, 0.6) is 0 Å². The lowest BCUT2D eigenvalue weighted by atomic mass is 9.98. The molecule has 2 rings (SSSR count). The van der Waals surface area contributed by atoms with E-state index < -0.39 is 24.3 Å². The Hall–Kier alpha value is -0.420. The molecular formula is C7H6BrFO3. The lowest BCUT2D eigenvalue weighted by Gasteiger charge is -2.11. The molecule has 66 valence electrons. The third kappa shape index (κ3) is 0.927. The van der Waals surface area contributed by atoms with Crippen molar-refractivity contribution in [3.63, 3.8) is 0 Å². The van der Waals surface area contributed by atoms with Gasteiger partial charge in [-0.05, 0) is 0 Å². The van der Waals surface area contributed by atoms with Gasteiger partial charge < -0.3 is 9.84 Å². The number of hydrogen-bond donors (Lipinski definition) is 1. The van der Waals surface area contributed by atoms with E-state index in [9.17, 15) is 9.18 Å². The Morgan fingerprint density at radius 3 is 2.83 bits per heavy atom. The van der Waals surface area contributed by atoms with Gasteiger partial charge in [-0.1, -0.05) is 15.9 Å². The molecule has 0 saturated carbocycles. The molecule has 3 atom stereocenters. The highest BCUT2D eigenvalue weighted by Gasteiger charge is 2.48. The molecule has 0 aromatic carbocycles. The Balaban J connectivity index is 2.36. The molecule has 0 amide bonds. The van der Waals surface area contributed by atoms with Crippen molar-refractivity contribution in [2.75, 3.05) is 0 Å². The Labute approximate surface area is 76.3 Å². The monoisotopic (exact) mass is 236 g/mol. The molecule has 5 heteroatoms. The van der Waals surface area contributed by atoms with Crippen LogP contribution < -0.4 is 0 Å². The number of halogens is 2. The molecule has 0 aliphatic carbocycles. The number of alkyl halides is 1. The fraction of sp³-hybridized carbons (Fsp3) is 0.571. The van der Waals surface area contributed by atoms with Crippen molar-refractivity contribution in [2.24, 2.45) is 0 Å². The van der Waals surface area contributed by atoms with Crippen molar-refractivity contribution in [3.8, 4) is 0 Å². The van der Waals surface area contributed by atoms with Crippen LogP contribution in [0.25, 0.3) is 0 Å². The Morgan fingerprint density at radius 1 is 1.75 bits per heavy atom. The van der Waals surface area contributed by atoms with Gasteiger partial charge >= 0.3 is 5.97 Å². The van der Waals surface area contributed by atoms with E-state index in [1.807, 2.05) is 0 Å². The van der Waals surface area contributed by atoms with Crippen LogP contribution in [0, 0.1) is 0 Å². The smallest absolute Gasteiger partial charge is 0.335 e. The summed E-state index contributed by atoms with van der Waals surface area (Å²) >= 11 is 3.04. The molecule has 0 aromatic rings. The lowest BCUT2D eigenvalue weighted by Crippen LogP contribution is -2.21. The van der Waals surface area contributed by atoms with Crippen LogP contribution in [-0.2, 0) is 9.53 Å². The largest absolute Gasteiger partial charge is 0.478 e. The quantitative estimate of drug-likeness (QED) is 0.745. The number of carbonyl (C=O) groups is 1. The number of aliphatic carboxylic acids is 1. The van der Waals surface area contributed by atoms with Crippen molar-refractivity contribution < 1.29 is 19.0 Å². The fourth-order valence-corrected chi connectivity index (χ4v) is 2.42. The van der Waals surface area contributed by atoms with Crippen LogP contribution in [-0.4, -0.2) is 29.5 Å². The van der Waals surface area contributed by atoms with Crippen LogP contribution in [0.2, 0.25) is 0 Å². The summed E-state index contributed by atoms with van der Waals surface area (Å²) in [5.41, 5.74) is 0.175. The molecule has 1 fully saturated rings. The van der Waals surface area contributed by atoms with Crippen LogP contribution >= 0.6 is 15.9 Å². The average Bonchev–Trinajstić information content (AvgIpc) is 2.42. The average molecular weight is 237 g/mol. The summed E-state index contributed by atoms with van der Waals surface area (Å²) in [5, 5.41) is 8.70. The molecule has 0 spiro atoms. The molecule has 2 bridgehead atoms. The molecule has 12 heavy (non-hydrogen) atoms. The number of ether oxygens (including phenoxy) is 1. The Morgan fingerprint density at radius 2 is 2.42 bits per heavy atom. The normalized spacial score (nSPS) is 39.3. The van der Waals surface area contributed by atoms with Crippen LogP contribution in [0.1, 0.15) is 6.42 Å². The van der Waals surface area contributed by atoms with E-state index in [0.717, 1.165) is 0 Å². The molecular weight excluding hydrogens is 231 g/mol. The number of hydrogen-bond acceptors (Lipinski definition) is 2. The van der Waals surface area contributed by atoms with Crippen molar-refractivity contribution in [3.05, 3.63) is 10.1 Å². The summed E-state index contributed by atoms with van der Waals surface area (Å²) in [4.78, 5) is 10.6. The van der Waals surface area contributed by atoms with Gasteiger partial charge in [0.05, 0.1) is 11.7 Å². The van der Waals surface area contributed by atoms with Gasteiger partial charge in [0.15, 0.2) is 0 Å². The first-order chi connectivity index (χ1) is 5.61. The van der Waals surface area contributed by atoms with E-state index in [0.29, 0.717) is 4.48 Å². The number of rotatable bonds is 1. The van der Waals surface area contributed by atoms with Gasteiger partial charge in [-0.2, -0.15) is 0 Å². The SMILES string of the molecule is O=C(O)C1=C(Br)[C@H]2O[C@@H]1C[C@@H]2F. The highest BCUT2D eigenvalue weighted by Crippen LogP contribution is 2.43. The summed E-state index contributed by atoms with van der Waals surface area (Å²) in [6.07, 6.45) is -2.13. The summed E-state index contributed by atoms with van der Waals surface area (Å²) < 4.78 is 18.4. The zero-order valence-electron chi connectivity index (χ0n) is 5.96. The van der Waals surface area contributed by atoms with E-state index in [4.69, 9.17) is 9.84 Å². The zero-order valence-corrected chi connectivity index (χ0v) is 7.54. The predicted octanol–water partition coefficient (Wildman–Crippen LogP) is 1.23. The van der Waals surface area contributed by atoms with Gasteiger partial charge in [-0.3, -0.25) is 0 Å². The third-order valence-electron chi connectivity index (χ3n) is 2.14. The van der Waals surface area contributed by atoms with Crippen molar-refractivity contribution in [1.82, 2.24) is 0 Å². The van der Waals surface area contributed by atoms with E-state index in [2.05, 4.69) is 15.9 Å². The highest BCUT2D eigenvalue weighted by molar-refractivity contribution is 9.11. The van der Waals surface area contributed by atoms with E-state index in [1.165, 1.54) is 0 Å². The lowest BCUT2D eigenvalue weighted by molar-refractivity contribution is -0.133.